The van der Waals surface area contributed by atoms with Gasteiger partial charge in [-0.1, -0.05) is 24.3 Å². The standard InChI is InChI=1S/C11H14N/c1-9(2)12-7-10-5-3-4-6-11(10)8-12/h3-10H,1-2H3/q+1. The lowest BCUT2D eigenvalue weighted by Crippen LogP contribution is -2.13. The number of rotatable bonds is 1. The fourth-order valence-corrected chi connectivity index (χ4v) is 1.56. The molecule has 0 saturated heterocycles. The van der Waals surface area contributed by atoms with Gasteiger partial charge >= 0.3 is 0 Å². The zero-order valence-corrected chi connectivity index (χ0v) is 7.57. The SMILES string of the molecule is CC(C)[N+]1=CC2C=CC=CC2=C1. The zero-order valence-electron chi connectivity index (χ0n) is 7.57. The van der Waals surface area contributed by atoms with E-state index in [0.717, 1.165) is 0 Å². The molecule has 2 rings (SSSR count). The summed E-state index contributed by atoms with van der Waals surface area (Å²) in [5.74, 6) is 0.525. The van der Waals surface area contributed by atoms with Crippen LogP contribution in [0, 0.1) is 5.92 Å². The van der Waals surface area contributed by atoms with Crippen LogP contribution < -0.4 is 0 Å². The summed E-state index contributed by atoms with van der Waals surface area (Å²) < 4.78 is 2.28. The van der Waals surface area contributed by atoms with Crippen LogP contribution in [0.3, 0.4) is 0 Å². The monoisotopic (exact) mass is 160 g/mol. The van der Waals surface area contributed by atoms with E-state index >= 15 is 0 Å². The van der Waals surface area contributed by atoms with Crippen LogP contribution in [0.15, 0.2) is 36.1 Å². The number of fused-ring (bicyclic) bond motifs is 1. The first-order valence-electron chi connectivity index (χ1n) is 4.46. The number of hydrogen-bond acceptors (Lipinski definition) is 0. The van der Waals surface area contributed by atoms with Crippen LogP contribution in [-0.2, 0) is 0 Å². The van der Waals surface area contributed by atoms with E-state index in [-0.39, 0.29) is 0 Å². The van der Waals surface area contributed by atoms with E-state index in [2.05, 4.69) is 55.1 Å². The molecule has 0 fully saturated rings. The fraction of sp³-hybridized carbons (Fsp3) is 0.364. The Morgan fingerprint density at radius 3 is 2.83 bits per heavy atom. The third-order valence-electron chi connectivity index (χ3n) is 2.33. The van der Waals surface area contributed by atoms with Gasteiger partial charge in [0.05, 0.1) is 5.92 Å². The average molecular weight is 160 g/mol. The van der Waals surface area contributed by atoms with Gasteiger partial charge in [0, 0.05) is 5.57 Å². The molecule has 2 aliphatic rings. The Balaban J connectivity index is 2.29. The van der Waals surface area contributed by atoms with Gasteiger partial charge in [0.15, 0.2) is 18.5 Å². The van der Waals surface area contributed by atoms with E-state index in [1.807, 2.05) is 0 Å². The van der Waals surface area contributed by atoms with Gasteiger partial charge < -0.3 is 0 Å². The Bertz CT molecular complexity index is 303. The molecule has 12 heavy (non-hydrogen) atoms. The molecule has 0 aromatic heterocycles. The minimum atomic E-state index is 0.525. The molecular formula is C11H14N+. The smallest absolute Gasteiger partial charge is 0.173 e. The molecule has 1 atom stereocenters. The molecule has 1 aliphatic heterocycles. The molecular weight excluding hydrogens is 146 g/mol. The van der Waals surface area contributed by atoms with Gasteiger partial charge in [0.25, 0.3) is 0 Å². The first-order chi connectivity index (χ1) is 5.77. The molecule has 1 unspecified atom stereocenters. The van der Waals surface area contributed by atoms with Gasteiger partial charge in [-0.3, -0.25) is 0 Å². The van der Waals surface area contributed by atoms with Crippen LogP contribution in [0.2, 0.25) is 0 Å². The van der Waals surface area contributed by atoms with Crippen molar-refractivity contribution < 1.29 is 4.58 Å². The lowest BCUT2D eigenvalue weighted by atomic mass is 9.99. The molecule has 0 N–H and O–H groups in total. The Labute approximate surface area is 73.4 Å². The second kappa shape index (κ2) is 2.74. The van der Waals surface area contributed by atoms with Crippen molar-refractivity contribution in [2.45, 2.75) is 19.9 Å². The van der Waals surface area contributed by atoms with Crippen molar-refractivity contribution >= 4 is 6.21 Å². The van der Waals surface area contributed by atoms with Crippen LogP contribution >= 0.6 is 0 Å². The topological polar surface area (TPSA) is 3.01 Å². The summed E-state index contributed by atoms with van der Waals surface area (Å²) in [6, 6.07) is 0.574. The average Bonchev–Trinajstić information content (AvgIpc) is 2.46. The molecule has 62 valence electrons. The lowest BCUT2D eigenvalue weighted by molar-refractivity contribution is -0.484. The van der Waals surface area contributed by atoms with Crippen molar-refractivity contribution in [3.63, 3.8) is 0 Å². The summed E-state index contributed by atoms with van der Waals surface area (Å²) in [6.07, 6.45) is 13.1. The largest absolute Gasteiger partial charge is 0.206 e. The number of nitrogens with zero attached hydrogens (tertiary/aromatic N) is 1. The molecule has 0 bridgehead atoms. The van der Waals surface area contributed by atoms with Gasteiger partial charge in [-0.2, -0.15) is 0 Å². The fourth-order valence-electron chi connectivity index (χ4n) is 1.56. The van der Waals surface area contributed by atoms with Crippen LogP contribution in [-0.4, -0.2) is 16.8 Å². The summed E-state index contributed by atoms with van der Waals surface area (Å²) >= 11 is 0. The van der Waals surface area contributed by atoms with Crippen LogP contribution in [0.5, 0.6) is 0 Å². The minimum absolute atomic E-state index is 0.525. The van der Waals surface area contributed by atoms with E-state index in [4.69, 9.17) is 0 Å². The van der Waals surface area contributed by atoms with Gasteiger partial charge in [-0.15, -0.1) is 0 Å². The van der Waals surface area contributed by atoms with Crippen molar-refractivity contribution in [3.05, 3.63) is 36.1 Å². The molecule has 1 nitrogen and oxygen atoms in total. The summed E-state index contributed by atoms with van der Waals surface area (Å²) in [4.78, 5) is 0. The third kappa shape index (κ3) is 1.15. The van der Waals surface area contributed by atoms with E-state index in [1.165, 1.54) is 5.57 Å². The molecule has 0 aromatic rings. The van der Waals surface area contributed by atoms with Crippen molar-refractivity contribution in [2.24, 2.45) is 5.92 Å². The zero-order chi connectivity index (χ0) is 8.55. The Hall–Kier alpha value is -1.11. The number of hydrogen-bond donors (Lipinski definition) is 0. The first-order valence-corrected chi connectivity index (χ1v) is 4.46. The molecule has 0 saturated carbocycles. The molecule has 0 aromatic carbocycles. The highest BCUT2D eigenvalue weighted by Crippen LogP contribution is 2.21. The highest BCUT2D eigenvalue weighted by atomic mass is 15.0. The first kappa shape index (κ1) is 7.53. The minimum Gasteiger partial charge on any atom is -0.206 e. The molecule has 1 aliphatic carbocycles. The van der Waals surface area contributed by atoms with Gasteiger partial charge in [-0.25, -0.2) is 4.58 Å². The molecule has 0 radical (unpaired) electrons. The molecule has 1 heterocycles. The molecule has 1 heteroatoms. The van der Waals surface area contributed by atoms with Crippen molar-refractivity contribution in [1.29, 1.82) is 0 Å². The van der Waals surface area contributed by atoms with Crippen LogP contribution in [0.25, 0.3) is 0 Å². The maximum Gasteiger partial charge on any atom is 0.173 e. The quantitative estimate of drug-likeness (QED) is 0.517. The summed E-state index contributed by atoms with van der Waals surface area (Å²) in [6.45, 7) is 4.41. The normalized spacial score (nSPS) is 25.8. The molecule has 0 amide bonds. The Morgan fingerprint density at radius 1 is 1.33 bits per heavy atom. The maximum atomic E-state index is 2.28. The Morgan fingerprint density at radius 2 is 2.17 bits per heavy atom. The lowest BCUT2D eigenvalue weighted by Gasteiger charge is -2.00. The second-order valence-electron chi connectivity index (χ2n) is 3.59. The predicted octanol–water partition coefficient (Wildman–Crippen LogP) is 2.12. The highest BCUT2D eigenvalue weighted by molar-refractivity contribution is 5.68. The van der Waals surface area contributed by atoms with Gasteiger partial charge in [0.2, 0.25) is 0 Å². The van der Waals surface area contributed by atoms with Crippen molar-refractivity contribution in [1.82, 2.24) is 0 Å². The maximum absolute atomic E-state index is 2.28. The van der Waals surface area contributed by atoms with E-state index in [0.29, 0.717) is 12.0 Å². The summed E-state index contributed by atoms with van der Waals surface area (Å²) in [7, 11) is 0. The summed E-state index contributed by atoms with van der Waals surface area (Å²) in [5.41, 5.74) is 1.41. The Kier molecular flexibility index (Phi) is 1.72. The molecule has 0 spiro atoms. The van der Waals surface area contributed by atoms with E-state index < -0.39 is 0 Å². The predicted molar refractivity (Wildman–Crippen MR) is 51.3 cm³/mol. The van der Waals surface area contributed by atoms with Crippen LogP contribution in [0.1, 0.15) is 13.8 Å². The third-order valence-corrected chi connectivity index (χ3v) is 2.33. The summed E-state index contributed by atoms with van der Waals surface area (Å²) in [5, 5.41) is 0. The van der Waals surface area contributed by atoms with Crippen molar-refractivity contribution in [2.75, 3.05) is 0 Å². The highest BCUT2D eigenvalue weighted by Gasteiger charge is 2.24. The second-order valence-corrected chi connectivity index (χ2v) is 3.59. The van der Waals surface area contributed by atoms with Gasteiger partial charge in [0.1, 0.15) is 0 Å². The van der Waals surface area contributed by atoms with Crippen LogP contribution in [0.4, 0.5) is 0 Å². The van der Waals surface area contributed by atoms with E-state index in [1.54, 1.807) is 0 Å². The van der Waals surface area contributed by atoms with Gasteiger partial charge in [-0.05, 0) is 13.8 Å². The van der Waals surface area contributed by atoms with E-state index in [9.17, 15) is 0 Å². The van der Waals surface area contributed by atoms with Crippen molar-refractivity contribution in [3.8, 4) is 0 Å². The number of allylic oxidation sites excluding steroid dienone is 5.